The lowest BCUT2D eigenvalue weighted by Gasteiger charge is -2.31. The molecule has 0 spiro atoms. The lowest BCUT2D eigenvalue weighted by Crippen LogP contribution is -2.44. The van der Waals surface area contributed by atoms with Crippen LogP contribution >= 0.6 is 19.5 Å². The molecule has 0 aliphatic carbocycles. The third kappa shape index (κ3) is 5.05. The first-order chi connectivity index (χ1) is 15.0. The van der Waals surface area contributed by atoms with Gasteiger partial charge >= 0.3 is 7.75 Å². The van der Waals surface area contributed by atoms with Gasteiger partial charge in [-0.2, -0.15) is 0 Å². The molecular formula is C18H27N4O8PS. The van der Waals surface area contributed by atoms with Gasteiger partial charge in [0.2, 0.25) is 0 Å². The van der Waals surface area contributed by atoms with E-state index in [0.717, 1.165) is 11.8 Å². The monoisotopic (exact) mass is 490 g/mol. The van der Waals surface area contributed by atoms with Crippen LogP contribution in [0.1, 0.15) is 37.0 Å². The number of aliphatic hydroxyl groups is 2. The molecule has 2 N–H and O–H groups in total. The summed E-state index contributed by atoms with van der Waals surface area (Å²) in [6.45, 7) is 2.57. The Balaban J connectivity index is 1.71. The molecule has 0 radical (unpaired) electrons. The van der Waals surface area contributed by atoms with E-state index >= 15 is 0 Å². The Bertz CT molecular complexity index is 953. The Hall–Kier alpha value is -1.44. The highest BCUT2D eigenvalue weighted by Crippen LogP contribution is 2.52. The quantitative estimate of drug-likeness (QED) is 0.379. The van der Waals surface area contributed by atoms with Crippen molar-refractivity contribution in [3.05, 3.63) is 12.0 Å². The number of nitrogens with zero attached hydrogens (tertiary/aromatic N) is 4. The van der Waals surface area contributed by atoms with Gasteiger partial charge in [0.15, 0.2) is 28.6 Å². The summed E-state index contributed by atoms with van der Waals surface area (Å²) in [4.78, 5) is 31.3. The van der Waals surface area contributed by atoms with Gasteiger partial charge < -0.3 is 14.9 Å². The molecule has 2 aliphatic rings. The normalized spacial score (nSPS) is 29.3. The first kappa shape index (κ1) is 25.2. The average Bonchev–Trinajstić information content (AvgIpc) is 3.26. The summed E-state index contributed by atoms with van der Waals surface area (Å²) in [7, 11) is -0.728. The number of imidazole rings is 1. The lowest BCUT2D eigenvalue weighted by molar-refractivity contribution is -0.114. The zero-order chi connectivity index (χ0) is 23.7. The first-order valence-corrected chi connectivity index (χ1v) is 12.3. The molecule has 1 saturated heterocycles. The zero-order valence-corrected chi connectivity index (χ0v) is 19.9. The number of thioether (sulfide) groups is 1. The van der Waals surface area contributed by atoms with Crippen molar-refractivity contribution >= 4 is 42.4 Å². The number of hydrogen-bond acceptors (Lipinski definition) is 11. The van der Waals surface area contributed by atoms with Gasteiger partial charge in [0, 0.05) is 25.3 Å². The number of Topliss-reactive ketones (excluding diaryl/α,β-unsaturated/α-hetero) is 1. The van der Waals surface area contributed by atoms with Crippen molar-refractivity contribution in [1.29, 1.82) is 0 Å². The number of carbonyl (C=O) groups excluding carboxylic acids is 2. The molecule has 3 rings (SSSR count). The van der Waals surface area contributed by atoms with Gasteiger partial charge in [-0.05, 0) is 21.0 Å². The molecular weight excluding hydrogens is 463 g/mol. The van der Waals surface area contributed by atoms with Crippen molar-refractivity contribution in [2.75, 3.05) is 33.1 Å². The smallest absolute Gasteiger partial charge is 0.387 e. The minimum atomic E-state index is -3.75. The van der Waals surface area contributed by atoms with E-state index in [0.29, 0.717) is 5.75 Å². The maximum atomic E-state index is 13.1. The molecule has 2 unspecified atom stereocenters. The fourth-order valence-electron chi connectivity index (χ4n) is 3.27. The second-order valence-corrected chi connectivity index (χ2v) is 11.3. The van der Waals surface area contributed by atoms with Crippen LogP contribution in [0.5, 0.6) is 0 Å². The van der Waals surface area contributed by atoms with Crippen molar-refractivity contribution in [2.45, 2.75) is 44.3 Å². The number of aliphatic imine (C=N–C) groups is 1. The maximum Gasteiger partial charge on any atom is 0.407 e. The lowest BCUT2D eigenvalue weighted by atomic mass is 9.99. The van der Waals surface area contributed by atoms with Crippen LogP contribution in [-0.4, -0.2) is 92.4 Å². The number of ether oxygens (including phenoxy) is 1. The summed E-state index contributed by atoms with van der Waals surface area (Å²) in [6.07, 6.45) is -0.989. The van der Waals surface area contributed by atoms with Gasteiger partial charge in [-0.15, -0.1) is 0 Å². The fourth-order valence-corrected chi connectivity index (χ4v) is 5.12. The standard InChI is InChI=1S/C18H27N4O8PS/c1-11(23)32-8-7-28-31(27,21(3)4)29-9-18(2)15(26)14(25)17(30-18)22-10-20-13-12(24)5-6-19-16(13)22/h6,10,14-15,17,25-26H,5,7-9H2,1-4H3/t14-,15?,17+,18+,31?/m0/s1. The van der Waals surface area contributed by atoms with E-state index in [1.165, 1.54) is 49.7 Å². The number of aromatic nitrogens is 2. The first-order valence-electron chi connectivity index (χ1n) is 9.85. The molecule has 0 saturated carbocycles. The van der Waals surface area contributed by atoms with Gasteiger partial charge in [-0.3, -0.25) is 23.2 Å². The van der Waals surface area contributed by atoms with Crippen molar-refractivity contribution in [1.82, 2.24) is 14.2 Å². The summed E-state index contributed by atoms with van der Waals surface area (Å²) in [5, 5.41) is 21.2. The van der Waals surface area contributed by atoms with Crippen LogP contribution in [0.2, 0.25) is 0 Å². The van der Waals surface area contributed by atoms with E-state index in [2.05, 4.69) is 9.98 Å². The van der Waals surface area contributed by atoms with Gasteiger partial charge in [0.05, 0.1) is 19.5 Å². The molecule has 12 nitrogen and oxygen atoms in total. The van der Waals surface area contributed by atoms with Gasteiger partial charge in [0.25, 0.3) is 0 Å². The topological polar surface area (TPSA) is 153 Å². The van der Waals surface area contributed by atoms with Crippen LogP contribution < -0.4 is 0 Å². The van der Waals surface area contributed by atoms with Crippen molar-refractivity contribution in [3.63, 3.8) is 0 Å². The SMILES string of the molecule is CC(=O)SCCOP(=O)(OC[C@@]1(C)O[C@@H](n2cnc3c2N=CCC3=O)[C@@H](O)C1O)N(C)C. The summed E-state index contributed by atoms with van der Waals surface area (Å²) < 4.78 is 32.6. The third-order valence-corrected chi connectivity index (χ3v) is 7.80. The molecule has 1 aromatic rings. The molecule has 178 valence electrons. The molecule has 0 amide bonds. The highest BCUT2D eigenvalue weighted by Gasteiger charge is 2.54. The minimum absolute atomic E-state index is 0.0122. The Labute approximate surface area is 189 Å². The Morgan fingerprint density at radius 2 is 2.16 bits per heavy atom. The average molecular weight is 490 g/mol. The summed E-state index contributed by atoms with van der Waals surface area (Å²) in [5.74, 6) is 0.325. The number of fused-ring (bicyclic) bond motifs is 1. The summed E-state index contributed by atoms with van der Waals surface area (Å²) in [5.41, 5.74) is -1.29. The van der Waals surface area contributed by atoms with Crippen LogP contribution in [0.25, 0.3) is 0 Å². The van der Waals surface area contributed by atoms with E-state index in [4.69, 9.17) is 13.8 Å². The van der Waals surface area contributed by atoms with E-state index in [-0.39, 0.29) is 42.0 Å². The van der Waals surface area contributed by atoms with Crippen LogP contribution in [0, 0.1) is 0 Å². The zero-order valence-electron chi connectivity index (χ0n) is 18.2. The number of hydrogen-bond donors (Lipinski definition) is 2. The van der Waals surface area contributed by atoms with Gasteiger partial charge in [0.1, 0.15) is 17.8 Å². The number of aliphatic hydroxyl groups excluding tert-OH is 2. The van der Waals surface area contributed by atoms with E-state index in [1.54, 1.807) is 0 Å². The van der Waals surface area contributed by atoms with Crippen LogP contribution in [0.3, 0.4) is 0 Å². The molecule has 5 atom stereocenters. The molecule has 0 aromatic carbocycles. The molecule has 32 heavy (non-hydrogen) atoms. The van der Waals surface area contributed by atoms with Gasteiger partial charge in [-0.1, -0.05) is 11.8 Å². The number of rotatable bonds is 9. The number of carbonyl (C=O) groups is 2. The molecule has 0 bridgehead atoms. The van der Waals surface area contributed by atoms with E-state index in [9.17, 15) is 24.4 Å². The maximum absolute atomic E-state index is 13.1. The predicted octanol–water partition coefficient (Wildman–Crippen LogP) is 1.16. The minimum Gasteiger partial charge on any atom is -0.387 e. The van der Waals surface area contributed by atoms with Crippen LogP contribution in [0.15, 0.2) is 11.3 Å². The highest BCUT2D eigenvalue weighted by molar-refractivity contribution is 8.13. The Kier molecular flexibility index (Phi) is 7.73. The second kappa shape index (κ2) is 9.82. The van der Waals surface area contributed by atoms with Crippen LogP contribution in [-0.2, 0) is 23.1 Å². The summed E-state index contributed by atoms with van der Waals surface area (Å²) in [6, 6.07) is 0. The van der Waals surface area contributed by atoms with Crippen LogP contribution in [0.4, 0.5) is 5.82 Å². The van der Waals surface area contributed by atoms with Crippen molar-refractivity contribution in [2.24, 2.45) is 4.99 Å². The van der Waals surface area contributed by atoms with Crippen molar-refractivity contribution < 1.29 is 38.2 Å². The number of ketones is 1. The second-order valence-electron chi connectivity index (χ2n) is 7.78. The van der Waals surface area contributed by atoms with Crippen molar-refractivity contribution in [3.8, 4) is 0 Å². The van der Waals surface area contributed by atoms with E-state index < -0.39 is 31.8 Å². The molecule has 1 aromatic heterocycles. The largest absolute Gasteiger partial charge is 0.407 e. The molecule has 14 heteroatoms. The molecule has 2 aliphatic heterocycles. The Morgan fingerprint density at radius 1 is 1.44 bits per heavy atom. The van der Waals surface area contributed by atoms with Gasteiger partial charge in [-0.25, -0.2) is 19.2 Å². The third-order valence-electron chi connectivity index (χ3n) is 5.07. The summed E-state index contributed by atoms with van der Waals surface area (Å²) >= 11 is 1.04. The fraction of sp³-hybridized carbons (Fsp3) is 0.667. The molecule has 3 heterocycles. The highest BCUT2D eigenvalue weighted by atomic mass is 32.2. The Morgan fingerprint density at radius 3 is 2.81 bits per heavy atom. The van der Waals surface area contributed by atoms with E-state index in [1.807, 2.05) is 0 Å². The predicted molar refractivity (Wildman–Crippen MR) is 116 cm³/mol. The molecule has 1 fully saturated rings.